The fraction of sp³-hybridized carbons (Fsp3) is 0.409. The molecular weight excluding hydrogens is 379 g/mol. The number of rotatable bonds is 6. The molecule has 0 bridgehead atoms. The van der Waals surface area contributed by atoms with Crippen LogP contribution in [0, 0.1) is 5.82 Å². The highest BCUT2D eigenvalue weighted by molar-refractivity contribution is 6.30. The van der Waals surface area contributed by atoms with Crippen LogP contribution in [0.25, 0.3) is 0 Å². The molecular formula is C22H26ClFN2O2. The van der Waals surface area contributed by atoms with Crippen LogP contribution in [0.4, 0.5) is 4.39 Å². The van der Waals surface area contributed by atoms with Crippen molar-refractivity contribution in [2.45, 2.75) is 24.3 Å². The van der Waals surface area contributed by atoms with Gasteiger partial charge in [0.05, 0.1) is 11.5 Å². The second-order valence-corrected chi connectivity index (χ2v) is 7.86. The second kappa shape index (κ2) is 9.03. The molecule has 0 radical (unpaired) electrons. The summed E-state index contributed by atoms with van der Waals surface area (Å²) in [5.74, 6) is -0.506. The normalized spacial score (nSPS) is 17.3. The van der Waals surface area contributed by atoms with Gasteiger partial charge in [0.2, 0.25) is 5.91 Å². The number of carbonyl (C=O) groups excluding carboxylic acids is 1. The monoisotopic (exact) mass is 404 g/mol. The van der Waals surface area contributed by atoms with E-state index in [2.05, 4.69) is 5.32 Å². The van der Waals surface area contributed by atoms with Gasteiger partial charge in [-0.3, -0.25) is 4.79 Å². The van der Waals surface area contributed by atoms with E-state index >= 15 is 0 Å². The van der Waals surface area contributed by atoms with Crippen molar-refractivity contribution in [2.75, 3.05) is 33.9 Å². The van der Waals surface area contributed by atoms with E-state index in [9.17, 15) is 9.18 Å². The molecule has 1 heterocycles. The smallest absolute Gasteiger partial charge is 0.231 e. The highest BCUT2D eigenvalue weighted by Gasteiger charge is 2.43. The Morgan fingerprint density at radius 3 is 2.57 bits per heavy atom. The average Bonchev–Trinajstić information content (AvgIpc) is 2.68. The maximum atomic E-state index is 14.6. The summed E-state index contributed by atoms with van der Waals surface area (Å²) >= 11 is 6.14. The van der Waals surface area contributed by atoms with E-state index in [-0.39, 0.29) is 17.8 Å². The third-order valence-electron chi connectivity index (χ3n) is 5.48. The van der Waals surface area contributed by atoms with Gasteiger partial charge in [-0.1, -0.05) is 41.9 Å². The predicted molar refractivity (Wildman–Crippen MR) is 109 cm³/mol. The minimum atomic E-state index is -0.908. The van der Waals surface area contributed by atoms with E-state index in [0.717, 1.165) is 5.56 Å². The number of benzene rings is 2. The van der Waals surface area contributed by atoms with Crippen LogP contribution in [0.15, 0.2) is 48.5 Å². The second-order valence-electron chi connectivity index (χ2n) is 7.42. The minimum Gasteiger partial charge on any atom is -0.381 e. The van der Waals surface area contributed by atoms with Crippen molar-refractivity contribution in [3.63, 3.8) is 0 Å². The lowest BCUT2D eigenvalue weighted by molar-refractivity contribution is -0.130. The number of halogens is 2. The Balaban J connectivity index is 1.83. The molecule has 1 aliphatic rings. The Kier molecular flexibility index (Phi) is 6.70. The highest BCUT2D eigenvalue weighted by Crippen LogP contribution is 2.37. The van der Waals surface area contributed by atoms with Gasteiger partial charge in [-0.2, -0.15) is 0 Å². The fourth-order valence-corrected chi connectivity index (χ4v) is 4.06. The van der Waals surface area contributed by atoms with Gasteiger partial charge in [-0.15, -0.1) is 0 Å². The van der Waals surface area contributed by atoms with Crippen molar-refractivity contribution in [3.05, 3.63) is 70.5 Å². The largest absolute Gasteiger partial charge is 0.381 e. The molecule has 1 saturated heterocycles. The van der Waals surface area contributed by atoms with Gasteiger partial charge in [0, 0.05) is 30.3 Å². The molecule has 0 spiro atoms. The van der Waals surface area contributed by atoms with Gasteiger partial charge in [0.1, 0.15) is 5.82 Å². The van der Waals surface area contributed by atoms with Crippen LogP contribution in [-0.4, -0.2) is 44.7 Å². The first-order chi connectivity index (χ1) is 13.4. The maximum Gasteiger partial charge on any atom is 0.231 e. The molecule has 0 aromatic heterocycles. The molecule has 2 aromatic carbocycles. The molecule has 1 N–H and O–H groups in total. The zero-order valence-electron chi connectivity index (χ0n) is 16.3. The van der Waals surface area contributed by atoms with Gasteiger partial charge < -0.3 is 15.0 Å². The standard InChI is InChI=1S/C22H26ClFN2O2/c1-26(2)20(16-6-5-7-17(23)14-16)15-25-21(27)22(10-12-28-13-11-22)18-8-3-4-9-19(18)24/h3-9,14,20H,10-13,15H2,1-2H3,(H,25,27)/t20-/m1/s1. The van der Waals surface area contributed by atoms with Crippen LogP contribution in [-0.2, 0) is 14.9 Å². The van der Waals surface area contributed by atoms with Gasteiger partial charge in [-0.25, -0.2) is 4.39 Å². The number of hydrogen-bond acceptors (Lipinski definition) is 3. The first-order valence-corrected chi connectivity index (χ1v) is 9.85. The lowest BCUT2D eigenvalue weighted by atomic mass is 9.73. The molecule has 1 aliphatic heterocycles. The van der Waals surface area contributed by atoms with Crippen LogP contribution in [0.2, 0.25) is 5.02 Å². The number of carbonyl (C=O) groups is 1. The zero-order valence-corrected chi connectivity index (χ0v) is 17.0. The molecule has 0 aliphatic carbocycles. The van der Waals surface area contributed by atoms with Crippen LogP contribution < -0.4 is 5.32 Å². The summed E-state index contributed by atoms with van der Waals surface area (Å²) in [6, 6.07) is 14.1. The molecule has 1 fully saturated rings. The van der Waals surface area contributed by atoms with Crippen LogP contribution in [0.1, 0.15) is 30.0 Å². The molecule has 3 rings (SSSR count). The fourth-order valence-electron chi connectivity index (χ4n) is 3.86. The number of nitrogens with one attached hydrogen (secondary N) is 1. The van der Waals surface area contributed by atoms with Crippen molar-refractivity contribution in [3.8, 4) is 0 Å². The lowest BCUT2D eigenvalue weighted by Crippen LogP contribution is -2.50. The Bertz CT molecular complexity index is 822. The first-order valence-electron chi connectivity index (χ1n) is 9.47. The Hall–Kier alpha value is -1.95. The number of ether oxygens (including phenoxy) is 1. The molecule has 28 heavy (non-hydrogen) atoms. The van der Waals surface area contributed by atoms with Crippen molar-refractivity contribution in [1.29, 1.82) is 0 Å². The van der Waals surface area contributed by atoms with Crippen molar-refractivity contribution in [1.82, 2.24) is 10.2 Å². The molecule has 2 aromatic rings. The number of nitrogens with zero attached hydrogens (tertiary/aromatic N) is 1. The third kappa shape index (κ3) is 4.37. The molecule has 6 heteroatoms. The predicted octanol–water partition coefficient (Wildman–Crippen LogP) is 3.95. The summed E-state index contributed by atoms with van der Waals surface area (Å²) in [5, 5.41) is 3.73. The van der Waals surface area contributed by atoms with Crippen molar-refractivity contribution < 1.29 is 13.9 Å². The minimum absolute atomic E-state index is 0.0415. The number of amides is 1. The van der Waals surface area contributed by atoms with E-state index in [0.29, 0.717) is 43.2 Å². The zero-order chi connectivity index (χ0) is 20.1. The van der Waals surface area contributed by atoms with E-state index in [1.54, 1.807) is 18.2 Å². The van der Waals surface area contributed by atoms with E-state index in [1.807, 2.05) is 43.3 Å². The van der Waals surface area contributed by atoms with E-state index < -0.39 is 5.41 Å². The van der Waals surface area contributed by atoms with Crippen LogP contribution in [0.3, 0.4) is 0 Å². The Labute approximate surface area is 170 Å². The lowest BCUT2D eigenvalue weighted by Gasteiger charge is -2.37. The van der Waals surface area contributed by atoms with Crippen LogP contribution >= 0.6 is 11.6 Å². The van der Waals surface area contributed by atoms with Gasteiger partial charge >= 0.3 is 0 Å². The summed E-state index contributed by atoms with van der Waals surface area (Å²) in [4.78, 5) is 15.4. The van der Waals surface area contributed by atoms with Gasteiger partial charge in [0.15, 0.2) is 0 Å². The Morgan fingerprint density at radius 1 is 1.21 bits per heavy atom. The number of hydrogen-bond donors (Lipinski definition) is 1. The summed E-state index contributed by atoms with van der Waals surface area (Å²) < 4.78 is 20.0. The summed E-state index contributed by atoms with van der Waals surface area (Å²) in [6.07, 6.45) is 0.924. The van der Waals surface area contributed by atoms with Crippen LogP contribution in [0.5, 0.6) is 0 Å². The van der Waals surface area contributed by atoms with E-state index in [1.165, 1.54) is 6.07 Å². The molecule has 4 nitrogen and oxygen atoms in total. The average molecular weight is 405 g/mol. The van der Waals surface area contributed by atoms with Crippen molar-refractivity contribution >= 4 is 17.5 Å². The van der Waals surface area contributed by atoms with Crippen molar-refractivity contribution in [2.24, 2.45) is 0 Å². The molecule has 1 atom stereocenters. The quantitative estimate of drug-likeness (QED) is 0.792. The molecule has 1 amide bonds. The third-order valence-corrected chi connectivity index (χ3v) is 5.72. The molecule has 150 valence electrons. The highest BCUT2D eigenvalue weighted by atomic mass is 35.5. The summed E-state index contributed by atoms with van der Waals surface area (Å²) in [6.45, 7) is 1.28. The molecule has 0 saturated carbocycles. The molecule has 0 unspecified atom stereocenters. The first kappa shape index (κ1) is 20.8. The number of likely N-dealkylation sites (N-methyl/N-ethyl adjacent to an activating group) is 1. The van der Waals surface area contributed by atoms with Gasteiger partial charge in [-0.05, 0) is 50.7 Å². The maximum absolute atomic E-state index is 14.6. The SMILES string of the molecule is CN(C)[C@H](CNC(=O)C1(c2ccccc2F)CCOCC1)c1cccc(Cl)c1. The van der Waals surface area contributed by atoms with Gasteiger partial charge in [0.25, 0.3) is 0 Å². The van der Waals surface area contributed by atoms with E-state index in [4.69, 9.17) is 16.3 Å². The Morgan fingerprint density at radius 2 is 1.93 bits per heavy atom. The topological polar surface area (TPSA) is 41.6 Å². The summed E-state index contributed by atoms with van der Waals surface area (Å²) in [5.41, 5.74) is 0.555. The summed E-state index contributed by atoms with van der Waals surface area (Å²) in [7, 11) is 3.91.